The Hall–Kier alpha value is -1.39. The minimum absolute atomic E-state index is 0.0522. The molecular formula is C21H34N2O2. The number of carbonyl (C=O) groups is 1. The smallest absolute Gasteiger partial charge is 0.225 e. The minimum atomic E-state index is -0.102. The summed E-state index contributed by atoms with van der Waals surface area (Å²) in [5, 5.41) is 16.5. The molecule has 1 saturated carbocycles. The van der Waals surface area contributed by atoms with Crippen LogP contribution in [-0.4, -0.2) is 29.7 Å². The van der Waals surface area contributed by atoms with Crippen molar-refractivity contribution in [3.8, 4) is 0 Å². The van der Waals surface area contributed by atoms with Gasteiger partial charge in [0.2, 0.25) is 5.91 Å². The van der Waals surface area contributed by atoms with E-state index in [0.29, 0.717) is 12.3 Å². The van der Waals surface area contributed by atoms with Crippen molar-refractivity contribution >= 4 is 11.6 Å². The number of anilines is 1. The molecule has 0 aliphatic heterocycles. The SMILES string of the molecule is Cc1cccc(NC(=O)CC(C)NCCCC2CCCCC2O)c1C. The van der Waals surface area contributed by atoms with Crippen LogP contribution in [0.4, 0.5) is 5.69 Å². The molecule has 2 rings (SSSR count). The van der Waals surface area contributed by atoms with Crippen LogP contribution >= 0.6 is 0 Å². The van der Waals surface area contributed by atoms with Gasteiger partial charge in [0.05, 0.1) is 6.10 Å². The minimum Gasteiger partial charge on any atom is -0.393 e. The fourth-order valence-electron chi connectivity index (χ4n) is 3.68. The number of aliphatic hydroxyl groups is 1. The summed E-state index contributed by atoms with van der Waals surface area (Å²) in [5.41, 5.74) is 3.22. The van der Waals surface area contributed by atoms with Crippen LogP contribution in [0.2, 0.25) is 0 Å². The molecule has 3 unspecified atom stereocenters. The van der Waals surface area contributed by atoms with Gasteiger partial charge in [0.25, 0.3) is 0 Å². The Bertz CT molecular complexity index is 559. The highest BCUT2D eigenvalue weighted by molar-refractivity contribution is 5.92. The molecule has 1 aliphatic carbocycles. The van der Waals surface area contributed by atoms with Crippen molar-refractivity contribution < 1.29 is 9.90 Å². The second-order valence-corrected chi connectivity index (χ2v) is 7.61. The number of carbonyl (C=O) groups excluding carboxylic acids is 1. The Kier molecular flexibility index (Phi) is 7.91. The highest BCUT2D eigenvalue weighted by Gasteiger charge is 2.22. The Labute approximate surface area is 152 Å². The molecule has 140 valence electrons. The molecule has 4 nitrogen and oxygen atoms in total. The van der Waals surface area contributed by atoms with Gasteiger partial charge in [0.1, 0.15) is 0 Å². The molecule has 3 N–H and O–H groups in total. The van der Waals surface area contributed by atoms with Gasteiger partial charge in [0.15, 0.2) is 0 Å². The number of hydrogen-bond donors (Lipinski definition) is 3. The maximum atomic E-state index is 12.2. The second kappa shape index (κ2) is 9.93. The fourth-order valence-corrected chi connectivity index (χ4v) is 3.68. The van der Waals surface area contributed by atoms with Crippen molar-refractivity contribution in [2.75, 3.05) is 11.9 Å². The van der Waals surface area contributed by atoms with E-state index in [-0.39, 0.29) is 18.1 Å². The Morgan fingerprint density at radius 3 is 2.80 bits per heavy atom. The van der Waals surface area contributed by atoms with Crippen LogP contribution in [0.3, 0.4) is 0 Å². The van der Waals surface area contributed by atoms with E-state index in [1.54, 1.807) is 0 Å². The predicted molar refractivity (Wildman–Crippen MR) is 104 cm³/mol. The third kappa shape index (κ3) is 6.44. The summed E-state index contributed by atoms with van der Waals surface area (Å²) in [6.07, 6.45) is 7.06. The van der Waals surface area contributed by atoms with Crippen LogP contribution in [0.15, 0.2) is 18.2 Å². The zero-order valence-electron chi connectivity index (χ0n) is 16.0. The molecule has 0 bridgehead atoms. The number of nitrogens with one attached hydrogen (secondary N) is 2. The second-order valence-electron chi connectivity index (χ2n) is 7.61. The summed E-state index contributed by atoms with van der Waals surface area (Å²) in [7, 11) is 0. The predicted octanol–water partition coefficient (Wildman–Crippen LogP) is 3.94. The lowest BCUT2D eigenvalue weighted by atomic mass is 9.83. The molecule has 0 radical (unpaired) electrons. The summed E-state index contributed by atoms with van der Waals surface area (Å²) in [4.78, 5) is 12.2. The molecule has 0 spiro atoms. The molecule has 25 heavy (non-hydrogen) atoms. The van der Waals surface area contributed by atoms with E-state index >= 15 is 0 Å². The first-order valence-corrected chi connectivity index (χ1v) is 9.75. The molecule has 1 aliphatic rings. The summed E-state index contributed by atoms with van der Waals surface area (Å²) >= 11 is 0. The highest BCUT2D eigenvalue weighted by Crippen LogP contribution is 2.27. The van der Waals surface area contributed by atoms with E-state index in [0.717, 1.165) is 43.5 Å². The molecule has 3 atom stereocenters. The fraction of sp³-hybridized carbons (Fsp3) is 0.667. The van der Waals surface area contributed by atoms with Crippen LogP contribution in [0, 0.1) is 19.8 Å². The van der Waals surface area contributed by atoms with E-state index in [2.05, 4.69) is 30.5 Å². The molecule has 1 aromatic rings. The molecule has 1 amide bonds. The van der Waals surface area contributed by atoms with E-state index in [4.69, 9.17) is 0 Å². The normalized spacial score (nSPS) is 21.8. The molecule has 0 saturated heterocycles. The first-order valence-electron chi connectivity index (χ1n) is 9.75. The Morgan fingerprint density at radius 2 is 2.04 bits per heavy atom. The third-order valence-corrected chi connectivity index (χ3v) is 5.48. The standard InChI is InChI=1S/C21H34N2O2/c1-15-8-6-11-19(17(15)3)23-21(25)14-16(2)22-13-7-10-18-9-4-5-12-20(18)24/h6,8,11,16,18,20,22,24H,4-5,7,9-10,12-14H2,1-3H3,(H,23,25). The van der Waals surface area contributed by atoms with E-state index < -0.39 is 0 Å². The van der Waals surface area contributed by atoms with Crippen LogP contribution < -0.4 is 10.6 Å². The number of benzene rings is 1. The summed E-state index contributed by atoms with van der Waals surface area (Å²) < 4.78 is 0. The number of aliphatic hydroxyl groups excluding tert-OH is 1. The van der Waals surface area contributed by atoms with Gasteiger partial charge >= 0.3 is 0 Å². The van der Waals surface area contributed by atoms with Crippen LogP contribution in [0.1, 0.15) is 63.0 Å². The van der Waals surface area contributed by atoms with Gasteiger partial charge in [0, 0.05) is 18.2 Å². The summed E-state index contributed by atoms with van der Waals surface area (Å²) in [5.74, 6) is 0.523. The number of hydrogen-bond acceptors (Lipinski definition) is 3. The summed E-state index contributed by atoms with van der Waals surface area (Å²) in [6.45, 7) is 7.05. The topological polar surface area (TPSA) is 61.4 Å². The van der Waals surface area contributed by atoms with Gasteiger partial charge in [-0.3, -0.25) is 4.79 Å². The van der Waals surface area contributed by atoms with Crippen molar-refractivity contribution in [3.05, 3.63) is 29.3 Å². The molecule has 1 aromatic carbocycles. The number of amides is 1. The quantitative estimate of drug-likeness (QED) is 0.625. The average molecular weight is 347 g/mol. The van der Waals surface area contributed by atoms with Crippen LogP contribution in [0.5, 0.6) is 0 Å². The van der Waals surface area contributed by atoms with Gasteiger partial charge in [-0.25, -0.2) is 0 Å². The molecule has 4 heteroatoms. The lowest BCUT2D eigenvalue weighted by Crippen LogP contribution is -2.32. The lowest BCUT2D eigenvalue weighted by Gasteiger charge is -2.27. The number of rotatable bonds is 8. The number of aryl methyl sites for hydroxylation is 1. The van der Waals surface area contributed by atoms with Gasteiger partial charge < -0.3 is 15.7 Å². The van der Waals surface area contributed by atoms with Crippen molar-refractivity contribution in [1.82, 2.24) is 5.32 Å². The van der Waals surface area contributed by atoms with E-state index in [1.807, 2.05) is 19.1 Å². The van der Waals surface area contributed by atoms with Gasteiger partial charge in [-0.15, -0.1) is 0 Å². The van der Waals surface area contributed by atoms with Crippen LogP contribution in [-0.2, 0) is 4.79 Å². The lowest BCUT2D eigenvalue weighted by molar-refractivity contribution is -0.116. The first kappa shape index (κ1) is 19.9. The highest BCUT2D eigenvalue weighted by atomic mass is 16.3. The zero-order chi connectivity index (χ0) is 18.2. The van der Waals surface area contributed by atoms with Crippen molar-refractivity contribution in [2.24, 2.45) is 5.92 Å². The first-order chi connectivity index (χ1) is 12.0. The molecule has 0 aromatic heterocycles. The molecule has 1 fully saturated rings. The van der Waals surface area contributed by atoms with Crippen LogP contribution in [0.25, 0.3) is 0 Å². The average Bonchev–Trinajstić information content (AvgIpc) is 2.57. The monoisotopic (exact) mass is 346 g/mol. The summed E-state index contributed by atoms with van der Waals surface area (Å²) in [6, 6.07) is 6.13. The van der Waals surface area contributed by atoms with Gasteiger partial charge in [-0.2, -0.15) is 0 Å². The molecule has 0 heterocycles. The van der Waals surface area contributed by atoms with Crippen molar-refractivity contribution in [3.63, 3.8) is 0 Å². The third-order valence-electron chi connectivity index (χ3n) is 5.48. The van der Waals surface area contributed by atoms with E-state index in [9.17, 15) is 9.90 Å². The largest absolute Gasteiger partial charge is 0.393 e. The maximum Gasteiger partial charge on any atom is 0.225 e. The van der Waals surface area contributed by atoms with Gasteiger partial charge in [-0.05, 0) is 76.1 Å². The van der Waals surface area contributed by atoms with Crippen molar-refractivity contribution in [2.45, 2.75) is 77.9 Å². The Morgan fingerprint density at radius 1 is 1.28 bits per heavy atom. The Balaban J connectivity index is 1.65. The van der Waals surface area contributed by atoms with Crippen molar-refractivity contribution in [1.29, 1.82) is 0 Å². The van der Waals surface area contributed by atoms with E-state index in [1.165, 1.54) is 18.4 Å². The molecular weight excluding hydrogens is 312 g/mol. The van der Waals surface area contributed by atoms with Gasteiger partial charge in [-0.1, -0.05) is 25.0 Å². The zero-order valence-corrected chi connectivity index (χ0v) is 16.0. The maximum absolute atomic E-state index is 12.2.